The molecule has 0 unspecified atom stereocenters. The van der Waals surface area contributed by atoms with E-state index in [2.05, 4.69) is 4.72 Å². The van der Waals surface area contributed by atoms with Gasteiger partial charge in [0, 0.05) is 12.6 Å². The highest BCUT2D eigenvalue weighted by Crippen LogP contribution is 2.29. The summed E-state index contributed by atoms with van der Waals surface area (Å²) >= 11 is 6.07. The number of hydrogen-bond acceptors (Lipinski definition) is 4. The highest BCUT2D eigenvalue weighted by atomic mass is 35.5. The average Bonchev–Trinajstić information content (AvgIpc) is 2.80. The zero-order chi connectivity index (χ0) is 17.5. The Morgan fingerprint density at radius 1 is 1.29 bits per heavy atom. The number of benzene rings is 2. The van der Waals surface area contributed by atoms with Gasteiger partial charge in [0.05, 0.1) is 16.2 Å². The first-order chi connectivity index (χ1) is 11.3. The molecule has 0 atom stereocenters. The zero-order valence-corrected chi connectivity index (χ0v) is 14.0. The molecule has 0 amide bonds. The number of oxazole rings is 1. The van der Waals surface area contributed by atoms with Crippen LogP contribution in [0.5, 0.6) is 0 Å². The average molecular weight is 371 g/mol. The molecule has 9 heteroatoms. The van der Waals surface area contributed by atoms with Crippen LogP contribution in [0.25, 0.3) is 11.1 Å². The van der Waals surface area contributed by atoms with Crippen molar-refractivity contribution in [1.82, 2.24) is 4.57 Å². The molecule has 3 rings (SSSR count). The SMILES string of the molecule is CCn1c(=O)oc2cc(S(=O)(=O)Nc3cccc(F)c3)c(Cl)cc21. The second-order valence-electron chi connectivity index (χ2n) is 4.98. The van der Waals surface area contributed by atoms with Crippen molar-refractivity contribution in [2.75, 3.05) is 4.72 Å². The van der Waals surface area contributed by atoms with Crippen LogP contribution < -0.4 is 10.5 Å². The van der Waals surface area contributed by atoms with Gasteiger partial charge in [-0.3, -0.25) is 9.29 Å². The number of sulfonamides is 1. The third-order valence-electron chi connectivity index (χ3n) is 3.40. The van der Waals surface area contributed by atoms with E-state index in [0.29, 0.717) is 12.1 Å². The molecule has 126 valence electrons. The van der Waals surface area contributed by atoms with Gasteiger partial charge in [-0.15, -0.1) is 0 Å². The Morgan fingerprint density at radius 3 is 2.71 bits per heavy atom. The van der Waals surface area contributed by atoms with Crippen molar-refractivity contribution in [2.45, 2.75) is 18.4 Å². The molecule has 0 fully saturated rings. The summed E-state index contributed by atoms with van der Waals surface area (Å²) in [5.74, 6) is -1.18. The van der Waals surface area contributed by atoms with Crippen molar-refractivity contribution in [1.29, 1.82) is 0 Å². The quantitative estimate of drug-likeness (QED) is 0.764. The molecule has 0 aliphatic heterocycles. The van der Waals surface area contributed by atoms with Gasteiger partial charge in [0.2, 0.25) is 0 Å². The summed E-state index contributed by atoms with van der Waals surface area (Å²) in [6.45, 7) is 2.11. The van der Waals surface area contributed by atoms with Crippen LogP contribution >= 0.6 is 11.6 Å². The summed E-state index contributed by atoms with van der Waals surface area (Å²) in [7, 11) is -4.08. The smallest absolute Gasteiger partial charge is 0.408 e. The standard InChI is InChI=1S/C15H12ClFN2O4S/c1-2-19-12-7-11(16)14(8-13(12)23-15(19)20)24(21,22)18-10-5-3-4-9(17)6-10/h3-8,18H,2H2,1H3. The van der Waals surface area contributed by atoms with Gasteiger partial charge in [-0.1, -0.05) is 17.7 Å². The minimum absolute atomic E-state index is 0.0544. The van der Waals surface area contributed by atoms with Gasteiger partial charge in [-0.25, -0.2) is 17.6 Å². The Kier molecular flexibility index (Phi) is 4.10. The molecule has 0 spiro atoms. The molecule has 3 aromatic rings. The molecule has 0 bridgehead atoms. The lowest BCUT2D eigenvalue weighted by atomic mass is 10.3. The van der Waals surface area contributed by atoms with Crippen molar-refractivity contribution >= 4 is 38.4 Å². The van der Waals surface area contributed by atoms with Crippen LogP contribution in [0, 0.1) is 5.82 Å². The molecule has 2 aromatic carbocycles. The van der Waals surface area contributed by atoms with E-state index in [1.807, 2.05) is 0 Å². The number of rotatable bonds is 4. The molecule has 0 aliphatic carbocycles. The molecule has 6 nitrogen and oxygen atoms in total. The maximum Gasteiger partial charge on any atom is 0.419 e. The van der Waals surface area contributed by atoms with Gasteiger partial charge >= 0.3 is 5.76 Å². The fraction of sp³-hybridized carbons (Fsp3) is 0.133. The molecule has 0 radical (unpaired) electrons. The maximum atomic E-state index is 13.2. The molecule has 1 N–H and O–H groups in total. The molecular formula is C15H12ClFN2O4S. The maximum absolute atomic E-state index is 13.2. The minimum atomic E-state index is -4.08. The van der Waals surface area contributed by atoms with Crippen LogP contribution in [0.2, 0.25) is 5.02 Å². The lowest BCUT2D eigenvalue weighted by molar-refractivity contribution is 0.512. The van der Waals surface area contributed by atoms with E-state index in [9.17, 15) is 17.6 Å². The first-order valence-electron chi connectivity index (χ1n) is 6.93. The summed E-state index contributed by atoms with van der Waals surface area (Å²) in [5, 5.41) is -0.0746. The number of anilines is 1. The minimum Gasteiger partial charge on any atom is -0.408 e. The van der Waals surface area contributed by atoms with E-state index in [1.54, 1.807) is 6.92 Å². The number of nitrogens with one attached hydrogen (secondary N) is 1. The Morgan fingerprint density at radius 2 is 2.04 bits per heavy atom. The van der Waals surface area contributed by atoms with Crippen LogP contribution in [0.3, 0.4) is 0 Å². The second-order valence-corrected chi connectivity index (χ2v) is 7.04. The van der Waals surface area contributed by atoms with Gasteiger partial charge in [0.25, 0.3) is 10.0 Å². The fourth-order valence-corrected chi connectivity index (χ4v) is 3.92. The Bertz CT molecular complexity index is 1090. The van der Waals surface area contributed by atoms with Gasteiger partial charge in [-0.05, 0) is 31.2 Å². The predicted octanol–water partition coefficient (Wildman–Crippen LogP) is 3.21. The van der Waals surface area contributed by atoms with Crippen molar-refractivity contribution in [3.05, 3.63) is 57.8 Å². The molecule has 1 heterocycles. The van der Waals surface area contributed by atoms with E-state index in [4.69, 9.17) is 16.0 Å². The van der Waals surface area contributed by atoms with Crippen molar-refractivity contribution < 1.29 is 17.2 Å². The van der Waals surface area contributed by atoms with Crippen molar-refractivity contribution in [3.8, 4) is 0 Å². The summed E-state index contributed by atoms with van der Waals surface area (Å²) in [4.78, 5) is 11.5. The van der Waals surface area contributed by atoms with Gasteiger partial charge in [-0.2, -0.15) is 0 Å². The molecule has 0 saturated carbocycles. The molecule has 24 heavy (non-hydrogen) atoms. The predicted molar refractivity (Wildman–Crippen MR) is 88.4 cm³/mol. The van der Waals surface area contributed by atoms with Crippen LogP contribution in [0.4, 0.5) is 10.1 Å². The molecule has 0 saturated heterocycles. The van der Waals surface area contributed by atoms with E-state index in [1.165, 1.54) is 34.9 Å². The van der Waals surface area contributed by atoms with Gasteiger partial charge in [0.1, 0.15) is 10.7 Å². The van der Waals surface area contributed by atoms with E-state index in [0.717, 1.165) is 6.07 Å². The van der Waals surface area contributed by atoms with E-state index >= 15 is 0 Å². The molecular weight excluding hydrogens is 359 g/mol. The Hall–Kier alpha value is -2.32. The third-order valence-corrected chi connectivity index (χ3v) is 5.25. The molecule has 0 aliphatic rings. The number of aromatic nitrogens is 1. The topological polar surface area (TPSA) is 81.3 Å². The largest absolute Gasteiger partial charge is 0.419 e. The first kappa shape index (κ1) is 16.5. The van der Waals surface area contributed by atoms with Gasteiger partial charge in [0.15, 0.2) is 5.58 Å². The highest BCUT2D eigenvalue weighted by Gasteiger charge is 2.22. The lowest BCUT2D eigenvalue weighted by Crippen LogP contribution is -2.14. The number of fused-ring (bicyclic) bond motifs is 1. The second kappa shape index (κ2) is 5.95. The van der Waals surface area contributed by atoms with Crippen LogP contribution in [0.15, 0.2) is 50.5 Å². The molecule has 1 aromatic heterocycles. The number of halogens is 2. The number of hydrogen-bond donors (Lipinski definition) is 1. The van der Waals surface area contributed by atoms with Crippen molar-refractivity contribution in [3.63, 3.8) is 0 Å². The Labute approximate surface area is 141 Å². The highest BCUT2D eigenvalue weighted by molar-refractivity contribution is 7.92. The van der Waals surface area contributed by atoms with E-state index < -0.39 is 21.6 Å². The van der Waals surface area contributed by atoms with Gasteiger partial charge < -0.3 is 4.42 Å². The normalized spacial score (nSPS) is 11.8. The number of nitrogens with zero attached hydrogens (tertiary/aromatic N) is 1. The fourth-order valence-electron chi connectivity index (χ4n) is 2.33. The van der Waals surface area contributed by atoms with Crippen LogP contribution in [0.1, 0.15) is 6.92 Å². The van der Waals surface area contributed by atoms with Crippen molar-refractivity contribution in [2.24, 2.45) is 0 Å². The summed E-state index contributed by atoms with van der Waals surface area (Å²) in [6, 6.07) is 7.54. The van der Waals surface area contributed by atoms with E-state index in [-0.39, 0.29) is 21.2 Å². The third kappa shape index (κ3) is 2.90. The van der Waals surface area contributed by atoms with Crippen LogP contribution in [-0.4, -0.2) is 13.0 Å². The monoisotopic (exact) mass is 370 g/mol. The Balaban J connectivity index is 2.11. The van der Waals surface area contributed by atoms with Crippen LogP contribution in [-0.2, 0) is 16.6 Å². The lowest BCUT2D eigenvalue weighted by Gasteiger charge is -2.09. The summed E-state index contributed by atoms with van der Waals surface area (Å²) < 4.78 is 46.8. The summed E-state index contributed by atoms with van der Waals surface area (Å²) in [6.07, 6.45) is 0. The first-order valence-corrected chi connectivity index (χ1v) is 8.79. The number of aryl methyl sites for hydroxylation is 1. The summed E-state index contributed by atoms with van der Waals surface area (Å²) in [5.41, 5.74) is 0.557. The zero-order valence-electron chi connectivity index (χ0n) is 12.4.